The number of hydrogen-bond acceptors (Lipinski definition) is 14. The minimum Gasteiger partial charge on any atom is -0.324 e. The second-order valence-electron chi connectivity index (χ2n) is 38.3. The van der Waals surface area contributed by atoms with Crippen molar-refractivity contribution >= 4 is 231 Å². The summed E-state index contributed by atoms with van der Waals surface area (Å²) in [7, 11) is 0. The maximum atomic E-state index is 8.43. The van der Waals surface area contributed by atoms with Crippen molar-refractivity contribution in [3.63, 3.8) is 0 Å². The van der Waals surface area contributed by atoms with Gasteiger partial charge in [0.1, 0.15) is 22.6 Å². The standard InChI is InChI=1S/C112H170Cl8N8S8/c1-9-17-25-33-41-49-57-65-73-129-97-89(113)81-82(90(114)98(97)130-74-66-58-50-42-34-26-18-10-2)106-121-105(81)125-107-83-84(92(116)100(132-76-68-60-52-44-36-28-20-12-4)99(91(83)115)131-75-67-59-51-43-35-27-19-11-3)109(122-107)127-111-87-88(96(120)104(136-80-72-64-56-48-40-32-24-16-8)103(95(87)119)135-79-71-63-55-47-39-31-23-15-7)112(124-111)128-110-86-85(108(123-110)126-106)93(117)101(133-77-69-61-53-45-37-29-21-13-5)102(94(86)118)134-78-70-62-54-46-38-30-22-14-6/h9-80H2,1-8H3,(H2,121,122,123,124,125,126,127,128). The Labute approximate surface area is 899 Å². The molecule has 2 N–H and O–H groups in total. The van der Waals surface area contributed by atoms with Gasteiger partial charge in [0.05, 0.1) is 62.4 Å². The minimum absolute atomic E-state index is 0.333. The number of thioether (sulfide) groups is 8. The molecule has 0 aliphatic carbocycles. The lowest BCUT2D eigenvalue weighted by atomic mass is 10.1. The van der Waals surface area contributed by atoms with Crippen molar-refractivity contribution in [1.29, 1.82) is 0 Å². The highest BCUT2D eigenvalue weighted by atomic mass is 35.5. The summed E-state index contributed by atoms with van der Waals surface area (Å²) in [5.41, 5.74) is 4.08. The van der Waals surface area contributed by atoms with Gasteiger partial charge < -0.3 is 9.97 Å². The average molecular weight is 2170 g/mol. The molecular formula is C112H170Cl8N8S8. The third kappa shape index (κ3) is 38.2. The normalized spacial score (nSPS) is 12.1. The zero-order chi connectivity index (χ0) is 96.7. The molecule has 9 rings (SSSR count). The van der Waals surface area contributed by atoms with Crippen LogP contribution in [0.4, 0.5) is 0 Å². The Kier molecular flexibility index (Phi) is 62.1. The van der Waals surface area contributed by atoms with Gasteiger partial charge in [-0.1, -0.05) is 508 Å². The summed E-state index contributed by atoms with van der Waals surface area (Å²) in [6, 6.07) is 0. The first-order chi connectivity index (χ1) is 66.7. The first-order valence-electron chi connectivity index (χ1n) is 54.8. The Bertz CT molecular complexity index is 4220. The van der Waals surface area contributed by atoms with Crippen LogP contribution in [0.1, 0.15) is 466 Å². The van der Waals surface area contributed by atoms with Crippen LogP contribution < -0.4 is 0 Å². The summed E-state index contributed by atoms with van der Waals surface area (Å²) in [5.74, 6) is 8.32. The Morgan fingerprint density at radius 2 is 0.272 bits per heavy atom. The minimum atomic E-state index is 0.333. The molecule has 8 bridgehead atoms. The van der Waals surface area contributed by atoms with Gasteiger partial charge in [-0.2, -0.15) is 0 Å². The summed E-state index contributed by atoms with van der Waals surface area (Å²) in [6.45, 7) is 18.3. The molecule has 0 spiro atoms. The predicted molar refractivity (Wildman–Crippen MR) is 623 cm³/mol. The van der Waals surface area contributed by atoms with Crippen LogP contribution in [0.5, 0.6) is 0 Å². The zero-order valence-corrected chi connectivity index (χ0v) is 97.5. The van der Waals surface area contributed by atoms with Crippen molar-refractivity contribution in [3.05, 3.63) is 40.2 Å². The third-order valence-corrected chi connectivity index (χ3v) is 40.7. The molecule has 0 unspecified atom stereocenters. The number of fused-ring (bicyclic) bond motifs is 20. The van der Waals surface area contributed by atoms with E-state index in [-0.39, 0.29) is 0 Å². The number of nitrogens with zero attached hydrogens (tertiary/aromatic N) is 6. The van der Waals surface area contributed by atoms with E-state index in [9.17, 15) is 0 Å². The highest BCUT2D eigenvalue weighted by Gasteiger charge is 2.36. The van der Waals surface area contributed by atoms with Crippen LogP contribution in [0, 0.1) is 0 Å². The van der Waals surface area contributed by atoms with E-state index in [2.05, 4.69) is 65.4 Å². The van der Waals surface area contributed by atoms with Crippen LogP contribution in [0.2, 0.25) is 40.2 Å². The summed E-state index contributed by atoms with van der Waals surface area (Å²) >= 11 is 81.9. The highest BCUT2D eigenvalue weighted by molar-refractivity contribution is 8.03. The summed E-state index contributed by atoms with van der Waals surface area (Å²) in [4.78, 5) is 50.3. The van der Waals surface area contributed by atoms with Gasteiger partial charge in [0.15, 0.2) is 23.3 Å². The van der Waals surface area contributed by atoms with Crippen molar-refractivity contribution in [2.24, 2.45) is 0 Å². The molecule has 24 heteroatoms. The molecule has 0 atom stereocenters. The SMILES string of the molecule is CCCCCCCCCCSc1c(Cl)c2c(c(Cl)c1SCCCCCCCCCC)-c1nc-2nc2[nH]c(nc3nc(nc4[nH]c(n1)c1c(Cl)c(SCCCCCCCCCC)c(SCCCCCCCCCC)c(Cl)c41)-c1c(Cl)c(SCCCCCCCCCC)c(SCCCCCCCCCC)c(Cl)c1-3)c1c(Cl)c(SCCCCCCCCCC)c(SCCCCCCCCCC)c(Cl)c21. The van der Waals surface area contributed by atoms with Gasteiger partial charge in [-0.25, -0.2) is 29.9 Å². The molecule has 4 aromatic carbocycles. The lowest BCUT2D eigenvalue weighted by molar-refractivity contribution is 0.586. The second kappa shape index (κ2) is 71.1. The van der Waals surface area contributed by atoms with Gasteiger partial charge in [0, 0.05) is 60.7 Å². The van der Waals surface area contributed by atoms with Crippen LogP contribution in [-0.2, 0) is 0 Å². The Hall–Kier alpha value is -0.640. The highest BCUT2D eigenvalue weighted by Crippen LogP contribution is 2.58. The van der Waals surface area contributed by atoms with Crippen LogP contribution in [0.15, 0.2) is 39.2 Å². The number of halogens is 8. The van der Waals surface area contributed by atoms with E-state index in [0.717, 1.165) is 188 Å². The number of benzene rings is 4. The summed E-state index contributed by atoms with van der Waals surface area (Å²) in [5, 5.41) is 6.91. The average Bonchev–Trinajstić information content (AvgIpc) is 1.56. The van der Waals surface area contributed by atoms with Crippen molar-refractivity contribution in [2.75, 3.05) is 46.0 Å². The van der Waals surface area contributed by atoms with Crippen molar-refractivity contribution in [2.45, 2.75) is 505 Å². The van der Waals surface area contributed by atoms with Crippen molar-refractivity contribution in [1.82, 2.24) is 39.9 Å². The zero-order valence-electron chi connectivity index (χ0n) is 84.9. The van der Waals surface area contributed by atoms with Gasteiger partial charge in [0.25, 0.3) is 0 Å². The number of H-pyrrole nitrogens is 2. The van der Waals surface area contributed by atoms with Gasteiger partial charge in [0.2, 0.25) is 0 Å². The lowest BCUT2D eigenvalue weighted by Gasteiger charge is -2.17. The molecule has 0 saturated carbocycles. The third-order valence-electron chi connectivity index (χ3n) is 26.7. The molecule has 3 aromatic heterocycles. The fourth-order valence-electron chi connectivity index (χ4n) is 18.6. The van der Waals surface area contributed by atoms with E-state index in [0.29, 0.717) is 130 Å². The van der Waals surface area contributed by atoms with Crippen LogP contribution in [-0.4, -0.2) is 85.9 Å². The van der Waals surface area contributed by atoms with E-state index < -0.39 is 0 Å². The number of aromatic nitrogens is 8. The molecule has 136 heavy (non-hydrogen) atoms. The van der Waals surface area contributed by atoms with E-state index >= 15 is 0 Å². The smallest absolute Gasteiger partial charge is 0.166 e. The molecule has 7 aromatic rings. The topological polar surface area (TPSA) is 109 Å². The fraction of sp³-hybridized carbons (Fsp3) is 0.714. The largest absolute Gasteiger partial charge is 0.324 e. The molecule has 0 amide bonds. The quantitative estimate of drug-likeness (QED) is 0.0279. The number of aromatic amines is 2. The van der Waals surface area contributed by atoms with Crippen molar-refractivity contribution in [3.8, 4) is 45.6 Å². The predicted octanol–water partition coefficient (Wildman–Crippen LogP) is 46.0. The Morgan fingerprint density at radius 3 is 0.404 bits per heavy atom. The molecule has 0 fully saturated rings. The maximum absolute atomic E-state index is 8.43. The number of rotatable bonds is 80. The Morgan fingerprint density at radius 1 is 0.154 bits per heavy atom. The van der Waals surface area contributed by atoms with Crippen LogP contribution >= 0.6 is 187 Å². The summed E-state index contributed by atoms with van der Waals surface area (Å²) < 4.78 is 0. The number of hydrogen-bond donors (Lipinski definition) is 2. The van der Waals surface area contributed by atoms with Crippen molar-refractivity contribution < 1.29 is 0 Å². The Balaban J connectivity index is 1.39. The molecule has 0 saturated heterocycles. The molecule has 2 aliphatic heterocycles. The maximum Gasteiger partial charge on any atom is 0.166 e. The summed E-state index contributed by atoms with van der Waals surface area (Å²) in [6.07, 6.45) is 78.0. The van der Waals surface area contributed by atoms with Gasteiger partial charge in [-0.05, 0) is 97.4 Å². The fourth-order valence-corrected chi connectivity index (χ4v) is 32.1. The monoisotopic (exact) mass is 2160 g/mol. The van der Waals surface area contributed by atoms with Gasteiger partial charge in [-0.3, -0.25) is 0 Å². The van der Waals surface area contributed by atoms with Gasteiger partial charge >= 0.3 is 0 Å². The first kappa shape index (κ1) is 119. The van der Waals surface area contributed by atoms with E-state index in [1.165, 1.54) is 308 Å². The second-order valence-corrected chi connectivity index (χ2v) is 50.2. The van der Waals surface area contributed by atoms with E-state index in [1.54, 1.807) is 0 Å². The molecule has 0 radical (unpaired) electrons. The molecule has 762 valence electrons. The number of nitrogens with one attached hydrogen (secondary N) is 2. The first-order valence-corrected chi connectivity index (χ1v) is 65.7. The molecule has 5 heterocycles. The van der Waals surface area contributed by atoms with Crippen LogP contribution in [0.25, 0.3) is 89.7 Å². The van der Waals surface area contributed by atoms with E-state index in [4.69, 9.17) is 123 Å². The van der Waals surface area contributed by atoms with Crippen LogP contribution in [0.3, 0.4) is 0 Å². The number of unbranched alkanes of at least 4 members (excludes halogenated alkanes) is 56. The lowest BCUT2D eigenvalue weighted by Crippen LogP contribution is -1.95. The molecule has 2 aliphatic rings. The van der Waals surface area contributed by atoms with Gasteiger partial charge in [-0.15, -0.1) is 94.1 Å². The van der Waals surface area contributed by atoms with E-state index in [1.807, 2.05) is 94.1 Å². The molecular weight excluding hydrogens is 2000 g/mol. The molecule has 8 nitrogen and oxygen atoms in total.